The van der Waals surface area contributed by atoms with Crippen LogP contribution in [-0.4, -0.2) is 133 Å². The van der Waals surface area contributed by atoms with E-state index in [1.54, 1.807) is 6.07 Å². The molecule has 14 nitrogen and oxygen atoms in total. The van der Waals surface area contributed by atoms with Crippen LogP contribution in [0.3, 0.4) is 0 Å². The van der Waals surface area contributed by atoms with E-state index in [1.165, 1.54) is 33.2 Å². The number of rotatable bonds is 8. The van der Waals surface area contributed by atoms with Crippen molar-refractivity contribution in [1.82, 2.24) is 14.8 Å². The maximum atomic E-state index is 15.5. The summed E-state index contributed by atoms with van der Waals surface area (Å²) < 4.78 is 23.8. The molecule has 3 aromatic rings. The fourth-order valence-corrected chi connectivity index (χ4v) is 13.7. The number of carbonyl (C=O) groups excluding carboxylic acids is 4. The van der Waals surface area contributed by atoms with Crippen molar-refractivity contribution in [2.75, 3.05) is 59.0 Å². The molecule has 2 saturated heterocycles. The highest BCUT2D eigenvalue weighted by atomic mass is 16.6. The van der Waals surface area contributed by atoms with Crippen molar-refractivity contribution < 1.29 is 48.3 Å². The van der Waals surface area contributed by atoms with Crippen molar-refractivity contribution in [3.63, 3.8) is 0 Å². The monoisotopic (exact) mass is 852 g/mol. The first-order chi connectivity index (χ1) is 29.6. The first kappa shape index (κ1) is 42.5. The number of nitrogens with one attached hydrogen (secondary N) is 1. The van der Waals surface area contributed by atoms with Crippen LogP contribution >= 0.6 is 0 Å². The van der Waals surface area contributed by atoms with Gasteiger partial charge in [-0.15, -0.1) is 0 Å². The molecule has 6 aliphatic rings. The normalized spacial score (nSPS) is 35.7. The third-order valence-corrected chi connectivity index (χ3v) is 16.2. The minimum atomic E-state index is -2.54. The number of methoxy groups -OCH3 is 3. The fraction of sp³-hybridized carbons (Fsp3) is 0.583. The van der Waals surface area contributed by atoms with Gasteiger partial charge in [-0.25, -0.2) is 4.79 Å². The van der Waals surface area contributed by atoms with E-state index in [0.29, 0.717) is 99.5 Å². The van der Waals surface area contributed by atoms with Crippen LogP contribution in [-0.2, 0) is 50.6 Å². The largest absolute Gasteiger partial charge is 0.496 e. The summed E-state index contributed by atoms with van der Waals surface area (Å²) in [4.78, 5) is 66.5. The van der Waals surface area contributed by atoms with Crippen LogP contribution in [0.1, 0.15) is 86.4 Å². The minimum Gasteiger partial charge on any atom is -0.496 e. The van der Waals surface area contributed by atoms with Gasteiger partial charge >= 0.3 is 17.9 Å². The second-order valence-electron chi connectivity index (χ2n) is 19.0. The highest BCUT2D eigenvalue weighted by Crippen LogP contribution is 2.68. The van der Waals surface area contributed by atoms with Crippen molar-refractivity contribution in [1.29, 1.82) is 0 Å². The molecule has 0 radical (unpaired) electrons. The van der Waals surface area contributed by atoms with E-state index in [2.05, 4.69) is 40.8 Å². The van der Waals surface area contributed by atoms with Crippen LogP contribution in [0.15, 0.2) is 36.4 Å². The van der Waals surface area contributed by atoms with Gasteiger partial charge in [0.1, 0.15) is 11.2 Å². The molecule has 1 spiro atoms. The molecular formula is C48H60N4O10. The number of piperidine rings is 1. The van der Waals surface area contributed by atoms with Crippen LogP contribution < -0.4 is 9.64 Å². The van der Waals surface area contributed by atoms with Gasteiger partial charge in [0.15, 0.2) is 6.10 Å². The maximum Gasteiger partial charge on any atom is 0.344 e. The Morgan fingerprint density at radius 1 is 0.935 bits per heavy atom. The van der Waals surface area contributed by atoms with Gasteiger partial charge in [-0.1, -0.05) is 26.0 Å². The molecule has 1 aromatic heterocycles. The summed E-state index contributed by atoms with van der Waals surface area (Å²) in [5, 5.41) is 26.4. The topological polar surface area (TPSA) is 171 Å². The van der Waals surface area contributed by atoms with E-state index >= 15 is 4.79 Å². The van der Waals surface area contributed by atoms with Crippen molar-refractivity contribution in [3.05, 3.63) is 69.9 Å². The molecule has 5 aliphatic heterocycles. The number of aromatic nitrogens is 1. The molecule has 62 heavy (non-hydrogen) atoms. The average molecular weight is 853 g/mol. The highest BCUT2D eigenvalue weighted by Gasteiger charge is 2.81. The lowest BCUT2D eigenvalue weighted by molar-refractivity contribution is -0.228. The van der Waals surface area contributed by atoms with E-state index in [-0.39, 0.29) is 12.3 Å². The van der Waals surface area contributed by atoms with Crippen molar-refractivity contribution in [2.45, 2.75) is 113 Å². The Labute approximate surface area is 362 Å². The third kappa shape index (κ3) is 5.48. The molecule has 2 bridgehead atoms. The molecule has 6 heterocycles. The molecule has 2 aromatic carbocycles. The van der Waals surface area contributed by atoms with Gasteiger partial charge in [-0.2, -0.15) is 0 Å². The molecular weight excluding hydrogens is 793 g/mol. The minimum absolute atomic E-state index is 0.161. The van der Waals surface area contributed by atoms with E-state index in [0.717, 1.165) is 27.6 Å². The van der Waals surface area contributed by atoms with Crippen molar-refractivity contribution in [3.8, 4) is 5.75 Å². The number of hydrogen-bond donors (Lipinski definition) is 3. The lowest BCUT2D eigenvalue weighted by atomic mass is 9.47. The molecule has 332 valence electrons. The number of anilines is 1. The van der Waals surface area contributed by atoms with Gasteiger partial charge in [0.2, 0.25) is 12.0 Å². The summed E-state index contributed by atoms with van der Waals surface area (Å²) in [6.07, 6.45) is 5.83. The van der Waals surface area contributed by atoms with E-state index < -0.39 is 63.5 Å². The van der Waals surface area contributed by atoms with Gasteiger partial charge in [0, 0.05) is 78.2 Å². The first-order valence-electron chi connectivity index (χ1n) is 22.1. The predicted octanol–water partition coefficient (Wildman–Crippen LogP) is 4.13. The summed E-state index contributed by atoms with van der Waals surface area (Å²) in [6.45, 7) is 12.3. The van der Waals surface area contributed by atoms with Gasteiger partial charge in [0.25, 0.3) is 0 Å². The summed E-state index contributed by atoms with van der Waals surface area (Å²) >= 11 is 0. The molecule has 3 fully saturated rings. The Bertz CT molecular complexity index is 2410. The summed E-state index contributed by atoms with van der Waals surface area (Å²) in [5.41, 5.74) is -0.916. The number of carbonyl (C=O) groups is 4. The zero-order valence-electron chi connectivity index (χ0n) is 37.1. The van der Waals surface area contributed by atoms with Crippen LogP contribution in [0.4, 0.5) is 5.69 Å². The van der Waals surface area contributed by atoms with Gasteiger partial charge in [-0.3, -0.25) is 24.2 Å². The third-order valence-electron chi connectivity index (χ3n) is 16.2. The number of esters is 3. The Kier molecular flexibility index (Phi) is 10.0. The number of aliphatic hydroxyl groups is 2. The quantitative estimate of drug-likeness (QED) is 0.128. The SMILES string of the molecule is CC[C@]1(O)CC2CN(CCc3c([nH]c4cc(C)c(C)cc34)[C@@](C(=O)OC)(c3cc4c(cc3OC)N(C=O)[C@H]3[C@@](O)(C(=O)OC)[C@H](OC(C)=O)[C@]5(CC)C=CCN6CC[C@]43[C@@H]65)C2)C1. The van der Waals surface area contributed by atoms with E-state index in [4.69, 9.17) is 18.9 Å². The highest BCUT2D eigenvalue weighted by molar-refractivity contribution is 5.97. The molecule has 1 amide bonds. The number of aryl methyl sites for hydroxylation is 2. The molecule has 9 rings (SSSR count). The number of benzene rings is 2. The van der Waals surface area contributed by atoms with Crippen LogP contribution in [0.25, 0.3) is 10.9 Å². The molecule has 10 atom stereocenters. The summed E-state index contributed by atoms with van der Waals surface area (Å²) in [7, 11) is 4.11. The fourth-order valence-electron chi connectivity index (χ4n) is 13.7. The molecule has 1 aliphatic carbocycles. The van der Waals surface area contributed by atoms with E-state index in [9.17, 15) is 24.6 Å². The standard InChI is InChI=1S/C48H60N4O10/c1-9-44(57)22-30-23-47(42(55)60-7,38-31(12-16-50(24-30)25-44)32-18-27(3)28(4)19-35(32)49-38)34-20-33-36(21-37(34)59-6)52(26-53)40-46(33)14-17-51-15-11-13-45(10-2,39(46)51)41(62-29(5)54)48(40,58)43(56)61-8/h11,13,18-21,26,30,39-41,49,57-58H,9-10,12,14-17,22-25H2,1-8H3/t30?,39-,40+,41+,44-,45+,46+,47-,48-/m0/s1. The lowest BCUT2D eigenvalue weighted by Gasteiger charge is -2.63. The van der Waals surface area contributed by atoms with Gasteiger partial charge < -0.3 is 39.0 Å². The Hall–Kier alpha value is -4.76. The Balaban J connectivity index is 1.39. The van der Waals surface area contributed by atoms with Crippen LogP contribution in [0.2, 0.25) is 0 Å². The predicted molar refractivity (Wildman–Crippen MR) is 230 cm³/mol. The number of amides is 1. The number of hydrogen-bond acceptors (Lipinski definition) is 12. The maximum absolute atomic E-state index is 15.5. The molecule has 14 heteroatoms. The zero-order chi connectivity index (χ0) is 44.3. The number of ether oxygens (including phenoxy) is 4. The smallest absolute Gasteiger partial charge is 0.344 e. The van der Waals surface area contributed by atoms with Crippen LogP contribution in [0.5, 0.6) is 5.75 Å². The van der Waals surface area contributed by atoms with Crippen LogP contribution in [0, 0.1) is 25.2 Å². The lowest BCUT2D eigenvalue weighted by Crippen LogP contribution is -2.81. The Morgan fingerprint density at radius 3 is 2.34 bits per heavy atom. The number of fused-ring (bicyclic) bond motifs is 6. The summed E-state index contributed by atoms with van der Waals surface area (Å²) in [5.74, 6) is -2.06. The number of H-pyrrole nitrogens is 1. The second-order valence-corrected chi connectivity index (χ2v) is 19.0. The number of nitrogens with zero attached hydrogens (tertiary/aromatic N) is 3. The molecule has 3 N–H and O–H groups in total. The zero-order valence-corrected chi connectivity index (χ0v) is 37.1. The van der Waals surface area contributed by atoms with Crippen molar-refractivity contribution in [2.24, 2.45) is 11.3 Å². The van der Waals surface area contributed by atoms with Gasteiger partial charge in [0.05, 0.1) is 38.7 Å². The second kappa shape index (κ2) is 14.6. The molecule has 1 saturated carbocycles. The van der Waals surface area contributed by atoms with Crippen molar-refractivity contribution >= 4 is 40.9 Å². The first-order valence-corrected chi connectivity index (χ1v) is 22.1. The average Bonchev–Trinajstić information content (AvgIpc) is 3.92. The van der Waals surface area contributed by atoms with E-state index in [1.807, 2.05) is 32.1 Å². The summed E-state index contributed by atoms with van der Waals surface area (Å²) in [6, 6.07) is 6.28. The van der Waals surface area contributed by atoms with Gasteiger partial charge in [-0.05, 0) is 105 Å². The molecule has 2 unspecified atom stereocenters. The Morgan fingerprint density at radius 2 is 1.68 bits per heavy atom. The number of aromatic amines is 1.